The van der Waals surface area contributed by atoms with Gasteiger partial charge in [0.1, 0.15) is 5.56 Å². The first-order valence-electron chi connectivity index (χ1n) is 6.79. The van der Waals surface area contributed by atoms with Gasteiger partial charge < -0.3 is 10.1 Å². The summed E-state index contributed by atoms with van der Waals surface area (Å²) >= 11 is 5.73. The SMILES string of the molecule is C[C@H](NC(=O)COC(=O)c1cc(Cl)ccc1[N+](=O)[O-])C1CC1. The number of rotatable bonds is 6. The number of nitrogens with zero attached hydrogens (tertiary/aromatic N) is 1. The van der Waals surface area contributed by atoms with Crippen LogP contribution in [0.5, 0.6) is 0 Å². The molecule has 1 aliphatic rings. The number of hydrogen-bond acceptors (Lipinski definition) is 5. The second-order valence-corrected chi connectivity index (χ2v) is 5.62. The molecule has 0 spiro atoms. The summed E-state index contributed by atoms with van der Waals surface area (Å²) in [5, 5.41) is 13.8. The van der Waals surface area contributed by atoms with Gasteiger partial charge in [-0.25, -0.2) is 4.79 Å². The van der Waals surface area contributed by atoms with Crippen LogP contribution in [0, 0.1) is 16.0 Å². The summed E-state index contributed by atoms with van der Waals surface area (Å²) in [6.45, 7) is 1.40. The fourth-order valence-electron chi connectivity index (χ4n) is 2.05. The Morgan fingerprint density at radius 1 is 1.50 bits per heavy atom. The van der Waals surface area contributed by atoms with Gasteiger partial charge >= 0.3 is 5.97 Å². The van der Waals surface area contributed by atoms with Gasteiger partial charge in [0.05, 0.1) is 4.92 Å². The molecule has 0 heterocycles. The third kappa shape index (κ3) is 4.17. The van der Waals surface area contributed by atoms with Crippen molar-refractivity contribution in [2.24, 2.45) is 5.92 Å². The van der Waals surface area contributed by atoms with Crippen LogP contribution in [0.2, 0.25) is 5.02 Å². The van der Waals surface area contributed by atoms with Crippen LogP contribution in [0.1, 0.15) is 30.1 Å². The van der Waals surface area contributed by atoms with Crippen LogP contribution in [0.3, 0.4) is 0 Å². The normalized spacial score (nSPS) is 15.0. The van der Waals surface area contributed by atoms with E-state index in [1.54, 1.807) is 0 Å². The third-order valence-electron chi connectivity index (χ3n) is 3.43. The van der Waals surface area contributed by atoms with Gasteiger partial charge in [0.15, 0.2) is 6.61 Å². The zero-order valence-electron chi connectivity index (χ0n) is 11.9. The molecule has 1 atom stereocenters. The molecule has 1 N–H and O–H groups in total. The number of carbonyl (C=O) groups is 2. The molecule has 0 bridgehead atoms. The molecule has 1 aromatic carbocycles. The van der Waals surface area contributed by atoms with E-state index in [1.807, 2.05) is 6.92 Å². The second kappa shape index (κ2) is 6.74. The van der Waals surface area contributed by atoms with Crippen LogP contribution in [-0.4, -0.2) is 29.4 Å². The molecule has 0 aromatic heterocycles. The number of halogens is 1. The van der Waals surface area contributed by atoms with Gasteiger partial charge in [0.25, 0.3) is 11.6 Å². The lowest BCUT2D eigenvalue weighted by molar-refractivity contribution is -0.385. The fraction of sp³-hybridized carbons (Fsp3) is 0.429. The first-order chi connectivity index (χ1) is 10.4. The van der Waals surface area contributed by atoms with E-state index in [0.29, 0.717) is 5.92 Å². The van der Waals surface area contributed by atoms with Crippen LogP contribution in [-0.2, 0) is 9.53 Å². The molecule has 1 aromatic rings. The maximum absolute atomic E-state index is 11.9. The van der Waals surface area contributed by atoms with Gasteiger partial charge in [-0.1, -0.05) is 11.6 Å². The summed E-state index contributed by atoms with van der Waals surface area (Å²) < 4.78 is 4.82. The molecule has 1 saturated carbocycles. The molecule has 118 valence electrons. The molecule has 0 unspecified atom stereocenters. The van der Waals surface area contributed by atoms with Crippen molar-refractivity contribution >= 4 is 29.2 Å². The number of amides is 1. The Morgan fingerprint density at radius 3 is 2.77 bits per heavy atom. The molecule has 0 saturated heterocycles. The number of carbonyl (C=O) groups excluding carboxylic acids is 2. The van der Waals surface area contributed by atoms with Gasteiger partial charge in [-0.3, -0.25) is 14.9 Å². The van der Waals surface area contributed by atoms with Crippen molar-refractivity contribution in [2.75, 3.05) is 6.61 Å². The molecule has 8 heteroatoms. The molecular formula is C14H15ClN2O5. The van der Waals surface area contributed by atoms with E-state index in [4.69, 9.17) is 16.3 Å². The standard InChI is InChI=1S/C14H15ClN2O5/c1-8(9-2-3-9)16-13(18)7-22-14(19)11-6-10(15)4-5-12(11)17(20)21/h4-6,8-9H,2-3,7H2,1H3,(H,16,18)/t8-/m0/s1. The summed E-state index contributed by atoms with van der Waals surface area (Å²) in [6, 6.07) is 3.60. The lowest BCUT2D eigenvalue weighted by Gasteiger charge is -2.12. The van der Waals surface area contributed by atoms with Crippen LogP contribution < -0.4 is 5.32 Å². The minimum atomic E-state index is -0.955. The molecule has 0 aliphatic heterocycles. The molecule has 2 rings (SSSR count). The van der Waals surface area contributed by atoms with Crippen molar-refractivity contribution in [3.05, 3.63) is 38.9 Å². The van der Waals surface area contributed by atoms with Crippen LogP contribution >= 0.6 is 11.6 Å². The van der Waals surface area contributed by atoms with E-state index in [2.05, 4.69) is 5.32 Å². The smallest absolute Gasteiger partial charge is 0.345 e. The largest absolute Gasteiger partial charge is 0.452 e. The van der Waals surface area contributed by atoms with Crippen molar-refractivity contribution in [3.63, 3.8) is 0 Å². The summed E-state index contributed by atoms with van der Waals surface area (Å²) in [7, 11) is 0. The number of nitro benzene ring substituents is 1. The van der Waals surface area contributed by atoms with Gasteiger partial charge in [-0.2, -0.15) is 0 Å². The molecular weight excluding hydrogens is 312 g/mol. The average Bonchev–Trinajstić information content (AvgIpc) is 3.28. The monoisotopic (exact) mass is 326 g/mol. The molecule has 22 heavy (non-hydrogen) atoms. The quantitative estimate of drug-likeness (QED) is 0.491. The van der Waals surface area contributed by atoms with Crippen LogP contribution in [0.4, 0.5) is 5.69 Å². The van der Waals surface area contributed by atoms with Gasteiger partial charge in [0.2, 0.25) is 0 Å². The lowest BCUT2D eigenvalue weighted by atomic mass is 10.2. The maximum atomic E-state index is 11.9. The van der Waals surface area contributed by atoms with E-state index in [-0.39, 0.29) is 16.6 Å². The van der Waals surface area contributed by atoms with Gasteiger partial charge in [0, 0.05) is 17.1 Å². The maximum Gasteiger partial charge on any atom is 0.345 e. The summed E-state index contributed by atoms with van der Waals surface area (Å²) in [5.74, 6) is -0.908. The first kappa shape index (κ1) is 16.2. The van der Waals surface area contributed by atoms with Crippen molar-refractivity contribution in [1.29, 1.82) is 0 Å². The summed E-state index contributed by atoms with van der Waals surface area (Å²) in [5.41, 5.74) is -0.693. The topological polar surface area (TPSA) is 98.5 Å². The molecule has 1 amide bonds. The Morgan fingerprint density at radius 2 is 2.18 bits per heavy atom. The number of benzene rings is 1. The zero-order chi connectivity index (χ0) is 16.3. The highest BCUT2D eigenvalue weighted by Gasteiger charge is 2.29. The number of esters is 1. The number of hydrogen-bond donors (Lipinski definition) is 1. The Balaban J connectivity index is 1.95. The van der Waals surface area contributed by atoms with Crippen LogP contribution in [0.25, 0.3) is 0 Å². The van der Waals surface area contributed by atoms with E-state index in [0.717, 1.165) is 25.0 Å². The highest BCUT2D eigenvalue weighted by Crippen LogP contribution is 2.32. The minimum Gasteiger partial charge on any atom is -0.452 e. The van der Waals surface area contributed by atoms with Gasteiger partial charge in [-0.15, -0.1) is 0 Å². The van der Waals surface area contributed by atoms with E-state index in [9.17, 15) is 19.7 Å². The number of ether oxygens (including phenoxy) is 1. The van der Waals surface area contributed by atoms with Crippen molar-refractivity contribution in [1.82, 2.24) is 5.32 Å². The highest BCUT2D eigenvalue weighted by molar-refractivity contribution is 6.31. The van der Waals surface area contributed by atoms with Crippen molar-refractivity contribution in [3.8, 4) is 0 Å². The van der Waals surface area contributed by atoms with Crippen molar-refractivity contribution < 1.29 is 19.2 Å². The van der Waals surface area contributed by atoms with E-state index in [1.165, 1.54) is 6.07 Å². The Labute approximate surface area is 131 Å². The summed E-state index contributed by atoms with van der Waals surface area (Å²) in [4.78, 5) is 33.7. The molecule has 1 aliphatic carbocycles. The van der Waals surface area contributed by atoms with E-state index >= 15 is 0 Å². The Hall–Kier alpha value is -2.15. The third-order valence-corrected chi connectivity index (χ3v) is 3.66. The predicted octanol–water partition coefficient (Wildman–Crippen LogP) is 2.32. The fourth-order valence-corrected chi connectivity index (χ4v) is 2.22. The number of nitrogens with one attached hydrogen (secondary N) is 1. The molecule has 7 nitrogen and oxygen atoms in total. The van der Waals surface area contributed by atoms with E-state index < -0.39 is 29.1 Å². The molecule has 1 fully saturated rings. The zero-order valence-corrected chi connectivity index (χ0v) is 12.6. The second-order valence-electron chi connectivity index (χ2n) is 5.19. The predicted molar refractivity (Wildman–Crippen MR) is 78.7 cm³/mol. The average molecular weight is 327 g/mol. The number of nitro groups is 1. The van der Waals surface area contributed by atoms with Crippen LogP contribution in [0.15, 0.2) is 18.2 Å². The highest BCUT2D eigenvalue weighted by atomic mass is 35.5. The van der Waals surface area contributed by atoms with Crippen molar-refractivity contribution in [2.45, 2.75) is 25.8 Å². The first-order valence-corrected chi connectivity index (χ1v) is 7.16. The summed E-state index contributed by atoms with van der Waals surface area (Å²) in [6.07, 6.45) is 2.16. The Kier molecular flexibility index (Phi) is 4.97. The Bertz CT molecular complexity index is 615. The molecule has 0 radical (unpaired) electrons. The van der Waals surface area contributed by atoms with Gasteiger partial charge in [-0.05, 0) is 37.8 Å². The lowest BCUT2D eigenvalue weighted by Crippen LogP contribution is -2.37. The minimum absolute atomic E-state index is 0.0340.